The average Bonchev–Trinajstić information content (AvgIpc) is 2.49. The minimum atomic E-state index is -0.504. The number of halogens is 2. The van der Waals surface area contributed by atoms with E-state index in [1.807, 2.05) is 0 Å². The number of carbonyl (C=O) groups is 2. The molecule has 0 radical (unpaired) electrons. The summed E-state index contributed by atoms with van der Waals surface area (Å²) in [6.45, 7) is -0.0270. The number of pyridine rings is 1. The van der Waals surface area contributed by atoms with Crippen LogP contribution in [0.3, 0.4) is 0 Å². The summed E-state index contributed by atoms with van der Waals surface area (Å²) in [5, 5.41) is 5.65. The van der Waals surface area contributed by atoms with Gasteiger partial charge < -0.3 is 15.4 Å². The van der Waals surface area contributed by atoms with E-state index in [4.69, 9.17) is 27.9 Å². The van der Waals surface area contributed by atoms with Crippen molar-refractivity contribution >= 4 is 46.4 Å². The minimum absolute atomic E-state index is 0.0205. The third-order valence-corrected chi connectivity index (χ3v) is 3.41. The zero-order valence-electron chi connectivity index (χ0n) is 11.0. The predicted molar refractivity (Wildman–Crippen MR) is 82.8 cm³/mol. The second-order valence-corrected chi connectivity index (χ2v) is 5.26. The number of benzene rings is 1. The molecule has 8 heteroatoms. The summed E-state index contributed by atoms with van der Waals surface area (Å²) in [5.41, 5.74) is 0.971. The standard InChI is InChI=1S/C14H9Cl2N3O3/c15-8-2-4-11(16)19-13(8)14(21)17-7-1-3-10-9(5-7)18-12(20)6-22-10/h1-5H,6H2,(H,17,21)(H,18,20). The van der Waals surface area contributed by atoms with Gasteiger partial charge in [-0.05, 0) is 30.3 Å². The Morgan fingerprint density at radius 1 is 1.27 bits per heavy atom. The number of anilines is 2. The van der Waals surface area contributed by atoms with Crippen molar-refractivity contribution in [2.75, 3.05) is 17.2 Å². The van der Waals surface area contributed by atoms with Crippen molar-refractivity contribution in [1.82, 2.24) is 4.98 Å². The Balaban J connectivity index is 1.84. The van der Waals surface area contributed by atoms with Crippen LogP contribution in [0.25, 0.3) is 0 Å². The molecule has 1 aromatic heterocycles. The van der Waals surface area contributed by atoms with Crippen LogP contribution in [-0.4, -0.2) is 23.4 Å². The quantitative estimate of drug-likeness (QED) is 0.825. The third kappa shape index (κ3) is 2.98. The smallest absolute Gasteiger partial charge is 0.275 e. The molecule has 2 amide bonds. The molecule has 0 spiro atoms. The van der Waals surface area contributed by atoms with E-state index < -0.39 is 5.91 Å². The molecule has 1 aliphatic heterocycles. The highest BCUT2D eigenvalue weighted by Gasteiger charge is 2.18. The van der Waals surface area contributed by atoms with Crippen molar-refractivity contribution in [3.63, 3.8) is 0 Å². The number of aromatic nitrogens is 1. The first-order valence-electron chi connectivity index (χ1n) is 6.23. The Labute approximate surface area is 135 Å². The lowest BCUT2D eigenvalue weighted by Crippen LogP contribution is -2.25. The van der Waals surface area contributed by atoms with E-state index in [1.54, 1.807) is 18.2 Å². The second-order valence-electron chi connectivity index (χ2n) is 4.47. The van der Waals surface area contributed by atoms with Crippen LogP contribution >= 0.6 is 23.2 Å². The molecule has 1 aliphatic rings. The molecule has 1 aromatic carbocycles. The maximum atomic E-state index is 12.2. The summed E-state index contributed by atoms with van der Waals surface area (Å²) in [6.07, 6.45) is 0. The molecular weight excluding hydrogens is 329 g/mol. The zero-order valence-corrected chi connectivity index (χ0v) is 12.5. The van der Waals surface area contributed by atoms with Crippen LogP contribution in [0.1, 0.15) is 10.5 Å². The van der Waals surface area contributed by atoms with Crippen molar-refractivity contribution in [2.45, 2.75) is 0 Å². The number of hydrogen-bond acceptors (Lipinski definition) is 4. The van der Waals surface area contributed by atoms with Crippen molar-refractivity contribution in [2.24, 2.45) is 0 Å². The highest BCUT2D eigenvalue weighted by molar-refractivity contribution is 6.35. The van der Waals surface area contributed by atoms with Crippen LogP contribution in [0.5, 0.6) is 5.75 Å². The van der Waals surface area contributed by atoms with Gasteiger partial charge in [-0.25, -0.2) is 4.98 Å². The molecule has 112 valence electrons. The lowest BCUT2D eigenvalue weighted by Gasteiger charge is -2.18. The number of fused-ring (bicyclic) bond motifs is 1. The van der Waals surface area contributed by atoms with Gasteiger partial charge in [0, 0.05) is 5.69 Å². The fourth-order valence-electron chi connectivity index (χ4n) is 1.93. The first kappa shape index (κ1) is 14.6. The van der Waals surface area contributed by atoms with E-state index in [0.29, 0.717) is 17.1 Å². The molecule has 2 aromatic rings. The zero-order chi connectivity index (χ0) is 15.7. The van der Waals surface area contributed by atoms with Gasteiger partial charge in [0.25, 0.3) is 11.8 Å². The number of nitrogens with one attached hydrogen (secondary N) is 2. The van der Waals surface area contributed by atoms with Gasteiger partial charge in [-0.2, -0.15) is 0 Å². The molecule has 3 rings (SSSR count). The van der Waals surface area contributed by atoms with E-state index in [1.165, 1.54) is 12.1 Å². The maximum Gasteiger partial charge on any atom is 0.275 e. The fraction of sp³-hybridized carbons (Fsp3) is 0.0714. The lowest BCUT2D eigenvalue weighted by molar-refractivity contribution is -0.118. The number of amides is 2. The second kappa shape index (κ2) is 5.82. The van der Waals surface area contributed by atoms with Crippen LogP contribution in [0.2, 0.25) is 10.2 Å². The molecule has 2 N–H and O–H groups in total. The normalized spacial score (nSPS) is 12.9. The van der Waals surface area contributed by atoms with Gasteiger partial charge in [-0.15, -0.1) is 0 Å². The summed E-state index contributed by atoms with van der Waals surface area (Å²) in [7, 11) is 0. The highest BCUT2D eigenvalue weighted by Crippen LogP contribution is 2.30. The Morgan fingerprint density at radius 2 is 2.09 bits per heavy atom. The average molecular weight is 338 g/mol. The van der Waals surface area contributed by atoms with E-state index in [0.717, 1.165) is 0 Å². The molecule has 2 heterocycles. The van der Waals surface area contributed by atoms with Gasteiger partial charge in [0.1, 0.15) is 16.6 Å². The Bertz CT molecular complexity index is 780. The van der Waals surface area contributed by atoms with Crippen molar-refractivity contribution in [3.05, 3.63) is 46.2 Å². The summed E-state index contributed by atoms with van der Waals surface area (Å²) in [6, 6.07) is 7.87. The van der Waals surface area contributed by atoms with E-state index >= 15 is 0 Å². The first-order valence-corrected chi connectivity index (χ1v) is 6.98. The van der Waals surface area contributed by atoms with Gasteiger partial charge in [-0.3, -0.25) is 9.59 Å². The van der Waals surface area contributed by atoms with Crippen LogP contribution in [0.15, 0.2) is 30.3 Å². The lowest BCUT2D eigenvalue weighted by atomic mass is 10.2. The molecule has 22 heavy (non-hydrogen) atoms. The predicted octanol–water partition coefficient (Wildman–Crippen LogP) is 2.97. The Kier molecular flexibility index (Phi) is 3.87. The van der Waals surface area contributed by atoms with Crippen molar-refractivity contribution in [3.8, 4) is 5.75 Å². The highest BCUT2D eigenvalue weighted by atomic mass is 35.5. The van der Waals surface area contributed by atoms with E-state index in [9.17, 15) is 9.59 Å². The number of rotatable bonds is 2. The molecule has 6 nitrogen and oxygen atoms in total. The molecule has 0 aliphatic carbocycles. The van der Waals surface area contributed by atoms with Crippen molar-refractivity contribution in [1.29, 1.82) is 0 Å². The maximum absolute atomic E-state index is 12.2. The summed E-state index contributed by atoms with van der Waals surface area (Å²) in [4.78, 5) is 27.4. The van der Waals surface area contributed by atoms with Crippen LogP contribution < -0.4 is 15.4 Å². The Morgan fingerprint density at radius 3 is 2.91 bits per heavy atom. The van der Waals surface area contributed by atoms with Crippen LogP contribution in [-0.2, 0) is 4.79 Å². The molecule has 0 unspecified atom stereocenters. The SMILES string of the molecule is O=C1COc2ccc(NC(=O)c3nc(Cl)ccc3Cl)cc2N1. The Hall–Kier alpha value is -2.31. The number of hydrogen-bond donors (Lipinski definition) is 2. The van der Waals surface area contributed by atoms with Gasteiger partial charge in [-0.1, -0.05) is 23.2 Å². The van der Waals surface area contributed by atoms with Gasteiger partial charge in [0.15, 0.2) is 6.61 Å². The van der Waals surface area contributed by atoms with E-state index in [-0.39, 0.29) is 28.4 Å². The molecule has 0 saturated heterocycles. The monoisotopic (exact) mass is 337 g/mol. The summed E-state index contributed by atoms with van der Waals surface area (Å²) >= 11 is 11.7. The summed E-state index contributed by atoms with van der Waals surface area (Å²) in [5.74, 6) is -0.220. The number of carbonyl (C=O) groups excluding carboxylic acids is 2. The first-order chi connectivity index (χ1) is 10.5. The van der Waals surface area contributed by atoms with Crippen LogP contribution in [0.4, 0.5) is 11.4 Å². The number of nitrogens with zero attached hydrogens (tertiary/aromatic N) is 1. The van der Waals surface area contributed by atoms with Gasteiger partial charge in [0.2, 0.25) is 0 Å². The van der Waals surface area contributed by atoms with E-state index in [2.05, 4.69) is 15.6 Å². The largest absolute Gasteiger partial charge is 0.482 e. The van der Waals surface area contributed by atoms with Gasteiger partial charge >= 0.3 is 0 Å². The molecule has 0 bridgehead atoms. The molecule has 0 atom stereocenters. The fourth-order valence-corrected chi connectivity index (χ4v) is 2.27. The van der Waals surface area contributed by atoms with Crippen molar-refractivity contribution < 1.29 is 14.3 Å². The van der Waals surface area contributed by atoms with Crippen LogP contribution in [0, 0.1) is 0 Å². The molecule has 0 fully saturated rings. The molecule has 0 saturated carbocycles. The minimum Gasteiger partial charge on any atom is -0.482 e. The number of ether oxygens (including phenoxy) is 1. The topological polar surface area (TPSA) is 80.3 Å². The van der Waals surface area contributed by atoms with Gasteiger partial charge in [0.05, 0.1) is 10.7 Å². The molecular formula is C14H9Cl2N3O3. The summed E-state index contributed by atoms with van der Waals surface area (Å²) < 4.78 is 5.24. The third-order valence-electron chi connectivity index (χ3n) is 2.90.